The van der Waals surface area contributed by atoms with Gasteiger partial charge in [0.05, 0.1) is 0 Å². The molecule has 1 atom stereocenters. The van der Waals surface area contributed by atoms with Crippen LogP contribution in [0.2, 0.25) is 0 Å². The van der Waals surface area contributed by atoms with Crippen molar-refractivity contribution in [3.63, 3.8) is 0 Å². The summed E-state index contributed by atoms with van der Waals surface area (Å²) in [5.41, 5.74) is 2.55. The van der Waals surface area contributed by atoms with Crippen molar-refractivity contribution < 1.29 is 0 Å². The van der Waals surface area contributed by atoms with Crippen molar-refractivity contribution >= 4 is 5.71 Å². The molecular weight excluding hydrogens is 134 g/mol. The molecule has 1 heteroatoms. The maximum atomic E-state index is 4.51. The second kappa shape index (κ2) is 3.21. The number of nitrogens with zero attached hydrogens (tertiary/aromatic N) is 1. The minimum Gasteiger partial charge on any atom is -0.263 e. The Balaban J connectivity index is 2.76. The summed E-state index contributed by atoms with van der Waals surface area (Å²) in [7, 11) is 0. The fourth-order valence-electron chi connectivity index (χ4n) is 1.47. The van der Waals surface area contributed by atoms with E-state index in [1.54, 1.807) is 0 Å². The van der Waals surface area contributed by atoms with Crippen LogP contribution in [0.15, 0.2) is 16.8 Å². The molecule has 0 radical (unpaired) electrons. The Labute approximate surface area is 69.2 Å². The van der Waals surface area contributed by atoms with E-state index in [0.29, 0.717) is 11.8 Å². The average Bonchev–Trinajstić information content (AvgIpc) is 1.85. The van der Waals surface area contributed by atoms with Crippen molar-refractivity contribution in [2.45, 2.75) is 34.1 Å². The monoisotopic (exact) mass is 151 g/mol. The molecule has 1 nitrogen and oxygen atoms in total. The van der Waals surface area contributed by atoms with Gasteiger partial charge in [0.15, 0.2) is 0 Å². The Morgan fingerprint density at radius 3 is 2.64 bits per heavy atom. The SMILES string of the molecule is CC1=CC(C)CC(C(C)C)=N1. The van der Waals surface area contributed by atoms with Crippen LogP contribution in [0.5, 0.6) is 0 Å². The summed E-state index contributed by atoms with van der Waals surface area (Å²) in [4.78, 5) is 4.51. The van der Waals surface area contributed by atoms with Crippen molar-refractivity contribution in [2.24, 2.45) is 16.8 Å². The van der Waals surface area contributed by atoms with E-state index in [0.717, 1.165) is 6.42 Å². The van der Waals surface area contributed by atoms with E-state index in [1.807, 2.05) is 0 Å². The molecule has 0 saturated carbocycles. The summed E-state index contributed by atoms with van der Waals surface area (Å²) >= 11 is 0. The lowest BCUT2D eigenvalue weighted by atomic mass is 9.94. The highest BCUT2D eigenvalue weighted by Gasteiger charge is 2.13. The van der Waals surface area contributed by atoms with Crippen LogP contribution in [-0.4, -0.2) is 5.71 Å². The van der Waals surface area contributed by atoms with Crippen molar-refractivity contribution in [2.75, 3.05) is 0 Å². The third-order valence-electron chi connectivity index (χ3n) is 2.04. The van der Waals surface area contributed by atoms with Crippen LogP contribution in [-0.2, 0) is 0 Å². The minimum atomic E-state index is 0.612. The zero-order chi connectivity index (χ0) is 8.43. The Hall–Kier alpha value is -0.590. The van der Waals surface area contributed by atoms with Crippen LogP contribution in [0.1, 0.15) is 34.1 Å². The molecule has 11 heavy (non-hydrogen) atoms. The maximum Gasteiger partial charge on any atom is 0.0335 e. The molecule has 1 heterocycles. The van der Waals surface area contributed by atoms with Crippen molar-refractivity contribution in [1.82, 2.24) is 0 Å². The normalized spacial score (nSPS) is 25.0. The van der Waals surface area contributed by atoms with Crippen LogP contribution in [0.3, 0.4) is 0 Å². The molecule has 1 unspecified atom stereocenters. The van der Waals surface area contributed by atoms with Gasteiger partial charge in [0.1, 0.15) is 0 Å². The van der Waals surface area contributed by atoms with Gasteiger partial charge < -0.3 is 0 Å². The largest absolute Gasteiger partial charge is 0.263 e. The Morgan fingerprint density at radius 2 is 2.18 bits per heavy atom. The standard InChI is InChI=1S/C10H17N/c1-7(2)10-6-8(3)5-9(4)11-10/h5,7-8H,6H2,1-4H3. The summed E-state index contributed by atoms with van der Waals surface area (Å²) in [6.45, 7) is 8.76. The topological polar surface area (TPSA) is 12.4 Å². The first-order valence-electron chi connectivity index (χ1n) is 4.35. The summed E-state index contributed by atoms with van der Waals surface area (Å²) < 4.78 is 0. The lowest BCUT2D eigenvalue weighted by Crippen LogP contribution is -2.14. The molecule has 0 saturated heterocycles. The second-order valence-electron chi connectivity index (χ2n) is 3.75. The molecule has 0 aromatic rings. The van der Waals surface area contributed by atoms with Crippen LogP contribution in [0.25, 0.3) is 0 Å². The third-order valence-corrected chi connectivity index (χ3v) is 2.04. The van der Waals surface area contributed by atoms with Crippen molar-refractivity contribution in [1.29, 1.82) is 0 Å². The molecule has 62 valence electrons. The fraction of sp³-hybridized carbons (Fsp3) is 0.700. The van der Waals surface area contributed by atoms with E-state index >= 15 is 0 Å². The van der Waals surface area contributed by atoms with Gasteiger partial charge in [0.25, 0.3) is 0 Å². The molecule has 0 fully saturated rings. The first kappa shape index (κ1) is 8.51. The molecule has 0 aromatic carbocycles. The molecular formula is C10H17N. The highest BCUT2D eigenvalue weighted by molar-refractivity contribution is 5.88. The predicted octanol–water partition coefficient (Wildman–Crippen LogP) is 3.03. The number of hydrogen-bond acceptors (Lipinski definition) is 1. The van der Waals surface area contributed by atoms with E-state index in [4.69, 9.17) is 0 Å². The van der Waals surface area contributed by atoms with Crippen LogP contribution < -0.4 is 0 Å². The van der Waals surface area contributed by atoms with Gasteiger partial charge in [0.2, 0.25) is 0 Å². The quantitative estimate of drug-likeness (QED) is 0.546. The van der Waals surface area contributed by atoms with Gasteiger partial charge in [-0.2, -0.15) is 0 Å². The number of hydrogen-bond donors (Lipinski definition) is 0. The molecule has 1 aliphatic rings. The molecule has 0 aliphatic carbocycles. The van der Waals surface area contributed by atoms with Gasteiger partial charge >= 0.3 is 0 Å². The summed E-state index contributed by atoms with van der Waals surface area (Å²) in [6.07, 6.45) is 3.39. The number of aliphatic imine (C=N–C) groups is 1. The highest BCUT2D eigenvalue weighted by atomic mass is 14.8. The highest BCUT2D eigenvalue weighted by Crippen LogP contribution is 2.19. The maximum absolute atomic E-state index is 4.51. The van der Waals surface area contributed by atoms with Gasteiger partial charge in [-0.1, -0.05) is 26.8 Å². The van der Waals surface area contributed by atoms with E-state index in [9.17, 15) is 0 Å². The van der Waals surface area contributed by atoms with Gasteiger partial charge in [-0.15, -0.1) is 0 Å². The molecule has 0 bridgehead atoms. The smallest absolute Gasteiger partial charge is 0.0335 e. The number of allylic oxidation sites excluding steroid dienone is 2. The fourth-order valence-corrected chi connectivity index (χ4v) is 1.47. The Kier molecular flexibility index (Phi) is 2.48. The predicted molar refractivity (Wildman–Crippen MR) is 49.8 cm³/mol. The van der Waals surface area contributed by atoms with E-state index in [2.05, 4.69) is 38.8 Å². The van der Waals surface area contributed by atoms with E-state index < -0.39 is 0 Å². The van der Waals surface area contributed by atoms with Crippen LogP contribution in [0.4, 0.5) is 0 Å². The molecule has 0 spiro atoms. The minimum absolute atomic E-state index is 0.612. The molecule has 1 aliphatic heterocycles. The van der Waals surface area contributed by atoms with Crippen molar-refractivity contribution in [3.8, 4) is 0 Å². The van der Waals surface area contributed by atoms with Crippen molar-refractivity contribution in [3.05, 3.63) is 11.8 Å². The molecule has 1 rings (SSSR count). The lowest BCUT2D eigenvalue weighted by Gasteiger charge is -2.18. The van der Waals surface area contributed by atoms with Gasteiger partial charge in [0, 0.05) is 11.4 Å². The molecule has 0 amide bonds. The van der Waals surface area contributed by atoms with Gasteiger partial charge in [-0.25, -0.2) is 0 Å². The Bertz CT molecular complexity index is 199. The first-order chi connectivity index (χ1) is 5.09. The van der Waals surface area contributed by atoms with E-state index in [-0.39, 0.29) is 0 Å². The second-order valence-corrected chi connectivity index (χ2v) is 3.75. The van der Waals surface area contributed by atoms with Gasteiger partial charge in [-0.3, -0.25) is 4.99 Å². The Morgan fingerprint density at radius 1 is 1.55 bits per heavy atom. The van der Waals surface area contributed by atoms with Crippen LogP contribution in [0, 0.1) is 11.8 Å². The summed E-state index contributed by atoms with van der Waals surface area (Å²) in [5, 5.41) is 0. The first-order valence-corrected chi connectivity index (χ1v) is 4.35. The van der Waals surface area contributed by atoms with Crippen LogP contribution >= 0.6 is 0 Å². The number of rotatable bonds is 1. The zero-order valence-corrected chi connectivity index (χ0v) is 7.89. The third kappa shape index (κ3) is 2.18. The molecule has 0 aromatic heterocycles. The lowest BCUT2D eigenvalue weighted by molar-refractivity contribution is 0.703. The summed E-state index contributed by atoms with van der Waals surface area (Å²) in [5.74, 6) is 1.30. The molecule has 0 N–H and O–H groups in total. The van der Waals surface area contributed by atoms with E-state index in [1.165, 1.54) is 11.4 Å². The summed E-state index contributed by atoms with van der Waals surface area (Å²) in [6, 6.07) is 0. The van der Waals surface area contributed by atoms with Gasteiger partial charge in [-0.05, 0) is 25.2 Å². The zero-order valence-electron chi connectivity index (χ0n) is 7.89. The average molecular weight is 151 g/mol.